The quantitative estimate of drug-likeness (QED) is 0.699. The van der Waals surface area contributed by atoms with Crippen molar-refractivity contribution >= 4 is 27.3 Å². The first-order valence-electron chi connectivity index (χ1n) is 5.62. The summed E-state index contributed by atoms with van der Waals surface area (Å²) in [5.41, 5.74) is 1.15. The van der Waals surface area contributed by atoms with Crippen molar-refractivity contribution in [1.82, 2.24) is 9.55 Å². The lowest BCUT2D eigenvalue weighted by Crippen LogP contribution is -1.99. The molecule has 2 aromatic heterocycles. The maximum atomic E-state index is 4.45. The van der Waals surface area contributed by atoms with Gasteiger partial charge in [0.25, 0.3) is 0 Å². The molecule has 1 aromatic carbocycles. The zero-order valence-electron chi connectivity index (χ0n) is 9.58. The van der Waals surface area contributed by atoms with Gasteiger partial charge in [-0.2, -0.15) is 0 Å². The van der Waals surface area contributed by atoms with E-state index in [-0.39, 0.29) is 0 Å². The Labute approximate surface area is 118 Å². The smallest absolute Gasteiger partial charge is 0.140 e. The summed E-state index contributed by atoms with van der Waals surface area (Å²) in [6, 6.07) is 12.4. The van der Waals surface area contributed by atoms with E-state index in [4.69, 9.17) is 0 Å². The Morgan fingerprint density at radius 2 is 2.06 bits per heavy atom. The van der Waals surface area contributed by atoms with Crippen LogP contribution in [-0.2, 0) is 6.54 Å². The van der Waals surface area contributed by atoms with E-state index in [1.54, 1.807) is 11.3 Å². The predicted octanol–water partition coefficient (Wildman–Crippen LogP) is 4.42. The minimum absolute atomic E-state index is 0.862. The highest BCUT2D eigenvalue weighted by Gasteiger charge is 2.06. The second kappa shape index (κ2) is 5.08. The van der Waals surface area contributed by atoms with Crippen molar-refractivity contribution < 1.29 is 0 Å². The lowest BCUT2D eigenvalue weighted by molar-refractivity contribution is 0.820. The van der Waals surface area contributed by atoms with E-state index in [1.165, 1.54) is 4.88 Å². The van der Waals surface area contributed by atoms with E-state index >= 15 is 0 Å². The molecule has 0 saturated carbocycles. The lowest BCUT2D eigenvalue weighted by atomic mass is 10.2. The van der Waals surface area contributed by atoms with Gasteiger partial charge in [0.1, 0.15) is 5.82 Å². The monoisotopic (exact) mass is 318 g/mol. The molecule has 3 aromatic rings. The van der Waals surface area contributed by atoms with E-state index in [0.29, 0.717) is 0 Å². The van der Waals surface area contributed by atoms with Gasteiger partial charge in [0.05, 0.1) is 6.54 Å². The molecule has 0 saturated heterocycles. The van der Waals surface area contributed by atoms with Crippen LogP contribution in [0.4, 0.5) is 0 Å². The summed E-state index contributed by atoms with van der Waals surface area (Å²) >= 11 is 5.24. The number of thiophene rings is 1. The first kappa shape index (κ1) is 11.7. The Morgan fingerprint density at radius 3 is 2.78 bits per heavy atom. The molecule has 0 aliphatic carbocycles. The minimum Gasteiger partial charge on any atom is -0.326 e. The Morgan fingerprint density at radius 1 is 1.22 bits per heavy atom. The molecular weight excluding hydrogens is 308 g/mol. The summed E-state index contributed by atoms with van der Waals surface area (Å²) in [5.74, 6) is 1.01. The number of nitrogens with zero attached hydrogens (tertiary/aromatic N) is 2. The average molecular weight is 319 g/mol. The van der Waals surface area contributed by atoms with Gasteiger partial charge >= 0.3 is 0 Å². The molecule has 4 heteroatoms. The van der Waals surface area contributed by atoms with Crippen molar-refractivity contribution in [3.63, 3.8) is 0 Å². The van der Waals surface area contributed by atoms with E-state index in [0.717, 1.165) is 22.4 Å². The maximum absolute atomic E-state index is 4.45. The normalized spacial score (nSPS) is 10.7. The Balaban J connectivity index is 1.93. The predicted molar refractivity (Wildman–Crippen MR) is 78.8 cm³/mol. The number of hydrogen-bond donors (Lipinski definition) is 0. The molecule has 2 nitrogen and oxygen atoms in total. The van der Waals surface area contributed by atoms with Gasteiger partial charge < -0.3 is 4.57 Å². The van der Waals surface area contributed by atoms with Gasteiger partial charge in [-0.1, -0.05) is 30.3 Å². The molecule has 3 rings (SSSR count). The Bertz CT molecular complexity index is 643. The van der Waals surface area contributed by atoms with Crippen molar-refractivity contribution in [1.29, 1.82) is 0 Å². The van der Waals surface area contributed by atoms with Crippen LogP contribution in [0.2, 0.25) is 0 Å². The maximum Gasteiger partial charge on any atom is 0.140 e. The van der Waals surface area contributed by atoms with Crippen molar-refractivity contribution in [2.24, 2.45) is 0 Å². The fraction of sp³-hybridized carbons (Fsp3) is 0.0714. The molecule has 0 amide bonds. The number of halogens is 1. The fourth-order valence-corrected chi connectivity index (χ4v) is 3.34. The van der Waals surface area contributed by atoms with Gasteiger partial charge in [-0.3, -0.25) is 0 Å². The summed E-state index contributed by atoms with van der Waals surface area (Å²) in [6.45, 7) is 0.862. The van der Waals surface area contributed by atoms with Gasteiger partial charge in [0.2, 0.25) is 0 Å². The second-order valence-corrected chi connectivity index (χ2v) is 5.89. The first-order valence-corrected chi connectivity index (χ1v) is 7.29. The van der Waals surface area contributed by atoms with Crippen LogP contribution < -0.4 is 0 Å². The molecule has 0 radical (unpaired) electrons. The van der Waals surface area contributed by atoms with E-state index < -0.39 is 0 Å². The van der Waals surface area contributed by atoms with Crippen molar-refractivity contribution in [3.8, 4) is 11.4 Å². The molecule has 0 fully saturated rings. The van der Waals surface area contributed by atoms with Gasteiger partial charge in [-0.05, 0) is 22.0 Å². The van der Waals surface area contributed by atoms with Gasteiger partial charge in [0, 0.05) is 32.7 Å². The van der Waals surface area contributed by atoms with Crippen LogP contribution in [0.3, 0.4) is 0 Å². The summed E-state index contributed by atoms with van der Waals surface area (Å²) in [6.07, 6.45) is 3.88. The summed E-state index contributed by atoms with van der Waals surface area (Å²) < 4.78 is 3.32. The standard InChI is InChI=1S/C14H11BrN2S/c15-12-8-13(18-10-12)9-17-7-6-16-14(17)11-4-2-1-3-5-11/h1-8,10H,9H2. The zero-order valence-corrected chi connectivity index (χ0v) is 12.0. The SMILES string of the molecule is Brc1csc(Cn2ccnc2-c2ccccc2)c1. The topological polar surface area (TPSA) is 17.8 Å². The number of aromatic nitrogens is 2. The zero-order chi connectivity index (χ0) is 12.4. The number of imidazole rings is 1. The van der Waals surface area contributed by atoms with Crippen LogP contribution in [0, 0.1) is 0 Å². The Kier molecular flexibility index (Phi) is 3.30. The number of rotatable bonds is 3. The molecule has 2 heterocycles. The first-order chi connectivity index (χ1) is 8.83. The third kappa shape index (κ3) is 2.40. The van der Waals surface area contributed by atoms with Crippen LogP contribution >= 0.6 is 27.3 Å². The average Bonchev–Trinajstić information content (AvgIpc) is 3.00. The summed E-state index contributed by atoms with van der Waals surface area (Å²) in [4.78, 5) is 5.76. The Hall–Kier alpha value is -1.39. The second-order valence-electron chi connectivity index (χ2n) is 3.98. The van der Waals surface area contributed by atoms with Crippen molar-refractivity contribution in [3.05, 3.63) is 63.5 Å². The molecule has 0 atom stereocenters. The number of benzene rings is 1. The molecule has 0 N–H and O–H groups in total. The van der Waals surface area contributed by atoms with E-state index in [2.05, 4.69) is 49.1 Å². The molecule has 0 aliphatic rings. The highest BCUT2D eigenvalue weighted by molar-refractivity contribution is 9.10. The molecule has 0 spiro atoms. The van der Waals surface area contributed by atoms with Crippen LogP contribution in [0.15, 0.2) is 58.6 Å². The van der Waals surface area contributed by atoms with E-state index in [9.17, 15) is 0 Å². The third-order valence-electron chi connectivity index (χ3n) is 2.70. The lowest BCUT2D eigenvalue weighted by Gasteiger charge is -2.06. The molecule has 0 aliphatic heterocycles. The van der Waals surface area contributed by atoms with Gasteiger partial charge in [0.15, 0.2) is 0 Å². The molecule has 0 unspecified atom stereocenters. The molecular formula is C14H11BrN2S. The van der Waals surface area contributed by atoms with Crippen LogP contribution in [-0.4, -0.2) is 9.55 Å². The highest BCUT2D eigenvalue weighted by Crippen LogP contribution is 2.23. The minimum atomic E-state index is 0.862. The van der Waals surface area contributed by atoms with Crippen LogP contribution in [0.5, 0.6) is 0 Å². The van der Waals surface area contributed by atoms with Crippen molar-refractivity contribution in [2.45, 2.75) is 6.54 Å². The molecule has 90 valence electrons. The summed E-state index contributed by atoms with van der Waals surface area (Å²) in [5, 5.41) is 2.11. The van der Waals surface area contributed by atoms with Crippen LogP contribution in [0.1, 0.15) is 4.88 Å². The van der Waals surface area contributed by atoms with E-state index in [1.807, 2.05) is 30.6 Å². The number of hydrogen-bond acceptors (Lipinski definition) is 2. The van der Waals surface area contributed by atoms with Gasteiger partial charge in [-0.15, -0.1) is 11.3 Å². The molecule has 18 heavy (non-hydrogen) atoms. The van der Waals surface area contributed by atoms with Gasteiger partial charge in [-0.25, -0.2) is 4.98 Å². The largest absolute Gasteiger partial charge is 0.326 e. The highest BCUT2D eigenvalue weighted by atomic mass is 79.9. The van der Waals surface area contributed by atoms with Crippen LogP contribution in [0.25, 0.3) is 11.4 Å². The molecule has 0 bridgehead atoms. The fourth-order valence-electron chi connectivity index (χ4n) is 1.89. The van der Waals surface area contributed by atoms with Crippen molar-refractivity contribution in [2.75, 3.05) is 0 Å². The third-order valence-corrected chi connectivity index (χ3v) is 4.38. The summed E-state index contributed by atoms with van der Waals surface area (Å²) in [7, 11) is 0.